The lowest BCUT2D eigenvalue weighted by Gasteiger charge is -2.40. The monoisotopic (exact) mass is 361 g/mol. The molecular formula is C21H28ClNO2. The van der Waals surface area contributed by atoms with Crippen LogP contribution in [0.3, 0.4) is 0 Å². The highest BCUT2D eigenvalue weighted by molar-refractivity contribution is 5.85. The van der Waals surface area contributed by atoms with Crippen LogP contribution < -0.4 is 0 Å². The van der Waals surface area contributed by atoms with Gasteiger partial charge in [0.2, 0.25) is 0 Å². The number of ether oxygens (including phenoxy) is 2. The molecule has 3 rings (SSSR count). The van der Waals surface area contributed by atoms with Crippen molar-refractivity contribution in [1.82, 2.24) is 4.90 Å². The lowest BCUT2D eigenvalue weighted by molar-refractivity contribution is -0.0692. The minimum absolute atomic E-state index is 0. The molecule has 0 bridgehead atoms. The maximum Gasteiger partial charge on any atom is 0.0956 e. The van der Waals surface area contributed by atoms with Crippen LogP contribution >= 0.6 is 12.4 Å². The molecule has 3 unspecified atom stereocenters. The summed E-state index contributed by atoms with van der Waals surface area (Å²) in [5, 5.41) is 0. The van der Waals surface area contributed by atoms with Crippen molar-refractivity contribution in [3.63, 3.8) is 0 Å². The zero-order chi connectivity index (χ0) is 16.8. The number of hydrogen-bond donors (Lipinski definition) is 0. The Morgan fingerprint density at radius 1 is 0.960 bits per heavy atom. The van der Waals surface area contributed by atoms with Gasteiger partial charge in [-0.2, -0.15) is 0 Å². The summed E-state index contributed by atoms with van der Waals surface area (Å²) in [7, 11) is 0. The predicted molar refractivity (Wildman–Crippen MR) is 104 cm³/mol. The molecule has 0 saturated carbocycles. The average molecular weight is 362 g/mol. The van der Waals surface area contributed by atoms with E-state index < -0.39 is 0 Å². The number of halogens is 1. The Morgan fingerprint density at radius 3 is 2.12 bits per heavy atom. The van der Waals surface area contributed by atoms with Crippen molar-refractivity contribution in [3.8, 4) is 0 Å². The number of morpholine rings is 1. The zero-order valence-corrected chi connectivity index (χ0v) is 15.8. The largest absolute Gasteiger partial charge is 0.378 e. The van der Waals surface area contributed by atoms with Crippen molar-refractivity contribution >= 4 is 12.4 Å². The lowest BCUT2D eigenvalue weighted by Crippen LogP contribution is -2.51. The molecule has 0 aliphatic carbocycles. The number of rotatable bonds is 6. The van der Waals surface area contributed by atoms with Gasteiger partial charge in [-0.1, -0.05) is 60.7 Å². The van der Waals surface area contributed by atoms with E-state index in [0.29, 0.717) is 18.7 Å². The molecule has 3 atom stereocenters. The molecule has 1 heterocycles. The first-order chi connectivity index (χ1) is 11.7. The third-order valence-electron chi connectivity index (χ3n) is 4.69. The summed E-state index contributed by atoms with van der Waals surface area (Å²) in [5.74, 6) is 0. The highest BCUT2D eigenvalue weighted by Gasteiger charge is 2.28. The molecule has 0 spiro atoms. The second kappa shape index (κ2) is 9.93. The first kappa shape index (κ1) is 19.9. The van der Waals surface area contributed by atoms with Crippen LogP contribution in [0.1, 0.15) is 31.1 Å². The molecule has 0 radical (unpaired) electrons. The van der Waals surface area contributed by atoms with Gasteiger partial charge < -0.3 is 9.47 Å². The molecule has 136 valence electrons. The maximum absolute atomic E-state index is 6.33. The quantitative estimate of drug-likeness (QED) is 0.757. The molecule has 25 heavy (non-hydrogen) atoms. The third kappa shape index (κ3) is 5.55. The first-order valence-corrected chi connectivity index (χ1v) is 8.78. The van der Waals surface area contributed by atoms with Crippen molar-refractivity contribution in [2.24, 2.45) is 0 Å². The fourth-order valence-electron chi connectivity index (χ4n) is 3.28. The Bertz CT molecular complexity index is 598. The molecule has 0 amide bonds. The Labute approximate surface area is 157 Å². The molecule has 0 aromatic heterocycles. The molecule has 1 saturated heterocycles. The normalized spacial score (nSPS) is 22.2. The predicted octanol–water partition coefficient (Wildman–Crippen LogP) is 4.48. The second-order valence-corrected chi connectivity index (χ2v) is 6.63. The Morgan fingerprint density at radius 2 is 1.52 bits per heavy atom. The van der Waals surface area contributed by atoms with E-state index in [9.17, 15) is 0 Å². The van der Waals surface area contributed by atoms with E-state index in [-0.39, 0.29) is 18.5 Å². The molecule has 1 fully saturated rings. The first-order valence-electron chi connectivity index (χ1n) is 8.78. The van der Waals surface area contributed by atoms with Crippen molar-refractivity contribution < 1.29 is 9.47 Å². The van der Waals surface area contributed by atoms with Crippen LogP contribution in [0.25, 0.3) is 0 Å². The van der Waals surface area contributed by atoms with E-state index in [4.69, 9.17) is 9.47 Å². The van der Waals surface area contributed by atoms with Crippen LogP contribution in [0, 0.1) is 0 Å². The van der Waals surface area contributed by atoms with E-state index in [1.165, 1.54) is 11.1 Å². The van der Waals surface area contributed by atoms with Gasteiger partial charge in [0.25, 0.3) is 0 Å². The van der Waals surface area contributed by atoms with Gasteiger partial charge in [0.15, 0.2) is 0 Å². The maximum atomic E-state index is 6.33. The minimum Gasteiger partial charge on any atom is -0.378 e. The van der Waals surface area contributed by atoms with E-state index in [1.807, 2.05) is 6.07 Å². The van der Waals surface area contributed by atoms with Gasteiger partial charge in [-0.3, -0.25) is 4.90 Å². The molecule has 1 aliphatic rings. The number of hydrogen-bond acceptors (Lipinski definition) is 3. The number of benzene rings is 2. The van der Waals surface area contributed by atoms with Crippen molar-refractivity contribution in [3.05, 3.63) is 71.8 Å². The van der Waals surface area contributed by atoms with Crippen molar-refractivity contribution in [2.75, 3.05) is 19.8 Å². The van der Waals surface area contributed by atoms with Crippen LogP contribution in [0.5, 0.6) is 0 Å². The van der Waals surface area contributed by atoms with E-state index in [2.05, 4.69) is 73.3 Å². The van der Waals surface area contributed by atoms with Crippen molar-refractivity contribution in [2.45, 2.75) is 38.6 Å². The average Bonchev–Trinajstić information content (AvgIpc) is 2.62. The van der Waals surface area contributed by atoms with E-state index >= 15 is 0 Å². The summed E-state index contributed by atoms with van der Waals surface area (Å²) in [4.78, 5) is 2.51. The molecule has 4 heteroatoms. The summed E-state index contributed by atoms with van der Waals surface area (Å²) in [5.41, 5.74) is 2.45. The van der Waals surface area contributed by atoms with Gasteiger partial charge in [0.05, 0.1) is 25.9 Å². The molecule has 1 aliphatic heterocycles. The van der Waals surface area contributed by atoms with Crippen molar-refractivity contribution in [1.29, 1.82) is 0 Å². The van der Waals surface area contributed by atoms with Crippen LogP contribution in [0.15, 0.2) is 60.7 Å². The van der Waals surface area contributed by atoms with Crippen LogP contribution in [-0.4, -0.2) is 36.7 Å². The molecular weight excluding hydrogens is 334 g/mol. The summed E-state index contributed by atoms with van der Waals surface area (Å²) < 4.78 is 12.0. The lowest BCUT2D eigenvalue weighted by atomic mass is 10.1. The van der Waals surface area contributed by atoms with Crippen LogP contribution in [-0.2, 0) is 16.1 Å². The molecule has 3 nitrogen and oxygen atoms in total. The highest BCUT2D eigenvalue weighted by Crippen LogP contribution is 2.24. The van der Waals surface area contributed by atoms with E-state index in [1.54, 1.807) is 0 Å². The van der Waals surface area contributed by atoms with Gasteiger partial charge in [0, 0.05) is 18.6 Å². The molecule has 0 N–H and O–H groups in total. The Kier molecular flexibility index (Phi) is 7.91. The second-order valence-electron chi connectivity index (χ2n) is 6.63. The Hall–Kier alpha value is -1.39. The van der Waals surface area contributed by atoms with E-state index in [0.717, 1.165) is 19.8 Å². The number of nitrogens with zero attached hydrogens (tertiary/aromatic N) is 1. The summed E-state index contributed by atoms with van der Waals surface area (Å²) in [6.07, 6.45) is 0.0643. The zero-order valence-electron chi connectivity index (χ0n) is 15.0. The summed E-state index contributed by atoms with van der Waals surface area (Å²) in [6, 6.07) is 21.7. The fraction of sp³-hybridized carbons (Fsp3) is 0.429. The topological polar surface area (TPSA) is 21.7 Å². The highest BCUT2D eigenvalue weighted by atomic mass is 35.5. The van der Waals surface area contributed by atoms with Gasteiger partial charge in [-0.05, 0) is 25.0 Å². The SMILES string of the molecule is CC1COCC(C)N1CC(OCc1ccccc1)c1ccccc1.Cl. The third-order valence-corrected chi connectivity index (χ3v) is 4.69. The Balaban J connectivity index is 0.00000225. The summed E-state index contributed by atoms with van der Waals surface area (Å²) in [6.45, 7) is 7.58. The van der Waals surface area contributed by atoms with Gasteiger partial charge in [0.1, 0.15) is 0 Å². The molecule has 2 aromatic carbocycles. The van der Waals surface area contributed by atoms with Gasteiger partial charge in [-0.25, -0.2) is 0 Å². The van der Waals surface area contributed by atoms with Crippen LogP contribution in [0.2, 0.25) is 0 Å². The van der Waals surface area contributed by atoms with Gasteiger partial charge >= 0.3 is 0 Å². The summed E-state index contributed by atoms with van der Waals surface area (Å²) >= 11 is 0. The minimum atomic E-state index is 0. The smallest absolute Gasteiger partial charge is 0.0956 e. The van der Waals surface area contributed by atoms with Crippen LogP contribution in [0.4, 0.5) is 0 Å². The van der Waals surface area contributed by atoms with Gasteiger partial charge in [-0.15, -0.1) is 12.4 Å². The fourth-order valence-corrected chi connectivity index (χ4v) is 3.28. The standard InChI is InChI=1S/C21H27NO2.ClH/c1-17-14-23-15-18(2)22(17)13-21(20-11-7-4-8-12-20)24-16-19-9-5-3-6-10-19;/h3-12,17-18,21H,13-16H2,1-2H3;1H. The molecule has 2 aromatic rings.